The largest absolute Gasteiger partial charge is 0.462 e. The Hall–Kier alpha value is -3.72. The molecule has 0 spiro atoms. The van der Waals surface area contributed by atoms with E-state index in [0.717, 1.165) is 27.0 Å². The third-order valence-corrected chi connectivity index (χ3v) is 6.15. The zero-order chi connectivity index (χ0) is 22.9. The van der Waals surface area contributed by atoms with Crippen LogP contribution in [-0.2, 0) is 19.9 Å². The van der Waals surface area contributed by atoms with Gasteiger partial charge < -0.3 is 15.4 Å². The Labute approximate surface area is 188 Å². The van der Waals surface area contributed by atoms with Crippen molar-refractivity contribution in [2.45, 2.75) is 19.4 Å². The number of imide groups is 1. The number of urea groups is 1. The van der Waals surface area contributed by atoms with Crippen molar-refractivity contribution in [3.63, 3.8) is 0 Å². The van der Waals surface area contributed by atoms with Gasteiger partial charge in [-0.05, 0) is 41.6 Å². The summed E-state index contributed by atoms with van der Waals surface area (Å²) in [5, 5.41) is 9.06. The molecule has 4 amide bonds. The minimum atomic E-state index is -1.31. The van der Waals surface area contributed by atoms with Crippen LogP contribution in [0.5, 0.6) is 0 Å². The third kappa shape index (κ3) is 3.71. The van der Waals surface area contributed by atoms with Gasteiger partial charge in [-0.2, -0.15) is 0 Å². The molecule has 1 aromatic heterocycles. The number of anilines is 1. The van der Waals surface area contributed by atoms with E-state index in [4.69, 9.17) is 4.74 Å². The number of benzene rings is 2. The van der Waals surface area contributed by atoms with E-state index in [1.807, 2.05) is 36.4 Å². The average molecular weight is 452 g/mol. The van der Waals surface area contributed by atoms with Gasteiger partial charge in [0, 0.05) is 0 Å². The maximum atomic E-state index is 13.3. The molecule has 2 heterocycles. The molecule has 2 aromatic carbocycles. The molecule has 164 valence electrons. The van der Waals surface area contributed by atoms with E-state index >= 15 is 0 Å². The van der Waals surface area contributed by atoms with Crippen LogP contribution in [0.4, 0.5) is 9.80 Å². The number of carbonyl (C=O) groups is 4. The van der Waals surface area contributed by atoms with E-state index in [0.29, 0.717) is 10.6 Å². The molecule has 0 unspecified atom stereocenters. The molecule has 2 N–H and O–H groups in total. The van der Waals surface area contributed by atoms with Crippen LogP contribution in [0.1, 0.15) is 29.8 Å². The molecule has 1 fully saturated rings. The first-order valence-electron chi connectivity index (χ1n) is 10.0. The summed E-state index contributed by atoms with van der Waals surface area (Å²) < 4.78 is 4.98. The number of carbonyl (C=O) groups excluding carboxylic acids is 4. The number of hydrogen-bond donors (Lipinski definition) is 2. The van der Waals surface area contributed by atoms with Crippen LogP contribution in [0.2, 0.25) is 0 Å². The number of ether oxygens (including phenoxy) is 1. The smallest absolute Gasteiger partial charge is 0.341 e. The van der Waals surface area contributed by atoms with E-state index in [9.17, 15) is 19.2 Å². The van der Waals surface area contributed by atoms with Crippen LogP contribution in [0.25, 0.3) is 10.8 Å². The van der Waals surface area contributed by atoms with Gasteiger partial charge in [0.2, 0.25) is 5.91 Å². The molecule has 0 bridgehead atoms. The van der Waals surface area contributed by atoms with Crippen molar-refractivity contribution in [1.82, 2.24) is 10.2 Å². The summed E-state index contributed by atoms with van der Waals surface area (Å²) in [5.74, 6) is -1.67. The number of rotatable bonds is 6. The Bertz CT molecular complexity index is 1230. The van der Waals surface area contributed by atoms with Gasteiger partial charge in [-0.1, -0.05) is 42.5 Å². The lowest BCUT2D eigenvalue weighted by atomic mass is 9.88. The number of fused-ring (bicyclic) bond motifs is 1. The molecule has 0 aliphatic carbocycles. The predicted molar refractivity (Wildman–Crippen MR) is 120 cm³/mol. The maximum absolute atomic E-state index is 13.3. The van der Waals surface area contributed by atoms with Crippen molar-refractivity contribution in [3.05, 3.63) is 65.0 Å². The van der Waals surface area contributed by atoms with Gasteiger partial charge in [-0.15, -0.1) is 11.3 Å². The SMILES string of the molecule is CCOC(=O)c1ccsc1NC(=O)CN1C(=O)N[C@](C)(c2cccc3ccccc23)C1=O. The van der Waals surface area contributed by atoms with Crippen LogP contribution in [0.3, 0.4) is 0 Å². The molecule has 0 radical (unpaired) electrons. The minimum Gasteiger partial charge on any atom is -0.462 e. The summed E-state index contributed by atoms with van der Waals surface area (Å²) in [7, 11) is 0. The third-order valence-electron chi connectivity index (χ3n) is 5.32. The van der Waals surface area contributed by atoms with E-state index in [1.165, 1.54) is 0 Å². The highest BCUT2D eigenvalue weighted by molar-refractivity contribution is 7.14. The van der Waals surface area contributed by atoms with Crippen LogP contribution >= 0.6 is 11.3 Å². The molecule has 8 nitrogen and oxygen atoms in total. The summed E-state index contributed by atoms with van der Waals surface area (Å²) in [5.41, 5.74) is -0.431. The highest BCUT2D eigenvalue weighted by Crippen LogP contribution is 2.34. The molecule has 9 heteroatoms. The Balaban J connectivity index is 1.54. The molecule has 1 aliphatic heterocycles. The van der Waals surface area contributed by atoms with Gasteiger partial charge in [0.15, 0.2) is 0 Å². The van der Waals surface area contributed by atoms with E-state index in [1.54, 1.807) is 31.4 Å². The lowest BCUT2D eigenvalue weighted by Crippen LogP contribution is -2.42. The Kier molecular flexibility index (Phi) is 5.67. The number of nitrogens with one attached hydrogen (secondary N) is 2. The summed E-state index contributed by atoms with van der Waals surface area (Å²) >= 11 is 1.15. The second kappa shape index (κ2) is 8.43. The fraction of sp³-hybridized carbons (Fsp3) is 0.217. The number of thiophene rings is 1. The first-order chi connectivity index (χ1) is 15.3. The van der Waals surface area contributed by atoms with E-state index in [2.05, 4.69) is 10.6 Å². The average Bonchev–Trinajstić information content (AvgIpc) is 3.32. The summed E-state index contributed by atoms with van der Waals surface area (Å²) in [4.78, 5) is 51.4. The zero-order valence-electron chi connectivity index (χ0n) is 17.5. The first-order valence-corrected chi connectivity index (χ1v) is 10.9. The molecule has 32 heavy (non-hydrogen) atoms. The summed E-state index contributed by atoms with van der Waals surface area (Å²) in [6, 6.07) is 14.0. The molecular weight excluding hydrogens is 430 g/mol. The van der Waals surface area contributed by atoms with Crippen molar-refractivity contribution < 1.29 is 23.9 Å². The molecule has 1 aliphatic rings. The van der Waals surface area contributed by atoms with Crippen LogP contribution in [0, 0.1) is 0 Å². The summed E-state index contributed by atoms with van der Waals surface area (Å²) in [6.07, 6.45) is 0. The highest BCUT2D eigenvalue weighted by atomic mass is 32.1. The predicted octanol–water partition coefficient (Wildman–Crippen LogP) is 3.48. The van der Waals surface area contributed by atoms with Crippen molar-refractivity contribution in [1.29, 1.82) is 0 Å². The van der Waals surface area contributed by atoms with Gasteiger partial charge >= 0.3 is 12.0 Å². The van der Waals surface area contributed by atoms with Gasteiger partial charge in [0.1, 0.15) is 17.1 Å². The van der Waals surface area contributed by atoms with Crippen molar-refractivity contribution in [3.8, 4) is 0 Å². The van der Waals surface area contributed by atoms with E-state index in [-0.39, 0.29) is 12.2 Å². The lowest BCUT2D eigenvalue weighted by Gasteiger charge is -2.24. The topological polar surface area (TPSA) is 105 Å². The van der Waals surface area contributed by atoms with Gasteiger partial charge in [-0.25, -0.2) is 9.59 Å². The Morgan fingerprint density at radius 2 is 1.88 bits per heavy atom. The quantitative estimate of drug-likeness (QED) is 0.441. The van der Waals surface area contributed by atoms with Gasteiger partial charge in [0.05, 0.1) is 12.2 Å². The van der Waals surface area contributed by atoms with Gasteiger partial charge in [0.25, 0.3) is 5.91 Å². The fourth-order valence-electron chi connectivity index (χ4n) is 3.77. The standard InChI is InChI=1S/C23H21N3O5S/c1-3-31-20(28)16-11-12-32-19(16)24-18(27)13-26-21(29)23(2,25-22(26)30)17-10-6-8-14-7-4-5-9-15(14)17/h4-12H,3,13H2,1-2H3,(H,24,27)(H,25,30)/t23-/m1/s1. The highest BCUT2D eigenvalue weighted by Gasteiger charge is 2.50. The normalized spacial score (nSPS) is 18.0. The molecule has 4 rings (SSSR count). The summed E-state index contributed by atoms with van der Waals surface area (Å²) in [6.45, 7) is 3.04. The maximum Gasteiger partial charge on any atom is 0.341 e. The molecule has 3 aromatic rings. The van der Waals surface area contributed by atoms with Crippen LogP contribution < -0.4 is 10.6 Å². The van der Waals surface area contributed by atoms with E-state index < -0.39 is 35.9 Å². The second-order valence-electron chi connectivity index (χ2n) is 7.41. The Morgan fingerprint density at radius 3 is 2.66 bits per heavy atom. The monoisotopic (exact) mass is 451 g/mol. The number of nitrogens with zero attached hydrogens (tertiary/aromatic N) is 1. The van der Waals surface area contributed by atoms with Crippen molar-refractivity contribution in [2.24, 2.45) is 0 Å². The van der Waals surface area contributed by atoms with Crippen LogP contribution in [-0.4, -0.2) is 41.9 Å². The molecule has 1 saturated heterocycles. The Morgan fingerprint density at radius 1 is 1.12 bits per heavy atom. The van der Waals surface area contributed by atoms with Crippen molar-refractivity contribution in [2.75, 3.05) is 18.5 Å². The molecular formula is C23H21N3O5S. The molecule has 0 saturated carbocycles. The second-order valence-corrected chi connectivity index (χ2v) is 8.32. The van der Waals surface area contributed by atoms with Gasteiger partial charge in [-0.3, -0.25) is 14.5 Å². The number of esters is 1. The number of amides is 4. The lowest BCUT2D eigenvalue weighted by molar-refractivity contribution is -0.133. The number of hydrogen-bond acceptors (Lipinski definition) is 6. The van der Waals surface area contributed by atoms with Crippen LogP contribution in [0.15, 0.2) is 53.9 Å². The van der Waals surface area contributed by atoms with Crippen molar-refractivity contribution >= 4 is 50.9 Å². The fourth-order valence-corrected chi connectivity index (χ4v) is 4.56. The molecule has 1 atom stereocenters. The first kappa shape index (κ1) is 21.5. The zero-order valence-corrected chi connectivity index (χ0v) is 18.3. The minimum absolute atomic E-state index is 0.206.